The van der Waals surface area contributed by atoms with Crippen molar-refractivity contribution in [2.24, 2.45) is 0 Å². The van der Waals surface area contributed by atoms with Crippen LogP contribution in [-0.2, 0) is 0 Å². The van der Waals surface area contributed by atoms with E-state index in [9.17, 15) is 4.79 Å². The first-order chi connectivity index (χ1) is 14.7. The van der Waals surface area contributed by atoms with Gasteiger partial charge in [0.25, 0.3) is 5.56 Å². The lowest BCUT2D eigenvalue weighted by Crippen LogP contribution is -2.23. The number of fused-ring (bicyclic) bond motifs is 1. The highest BCUT2D eigenvalue weighted by Gasteiger charge is 2.13. The van der Waals surface area contributed by atoms with E-state index >= 15 is 0 Å². The van der Waals surface area contributed by atoms with Gasteiger partial charge in [-0.3, -0.25) is 4.79 Å². The minimum absolute atomic E-state index is 0.213. The van der Waals surface area contributed by atoms with Crippen molar-refractivity contribution in [1.82, 2.24) is 14.6 Å². The zero-order valence-corrected chi connectivity index (χ0v) is 17.1. The van der Waals surface area contributed by atoms with Gasteiger partial charge >= 0.3 is 0 Å². The first kappa shape index (κ1) is 18.5. The van der Waals surface area contributed by atoms with Crippen LogP contribution in [0.3, 0.4) is 0 Å². The van der Waals surface area contributed by atoms with Crippen molar-refractivity contribution in [3.05, 3.63) is 104 Å². The van der Waals surface area contributed by atoms with Crippen LogP contribution in [0.5, 0.6) is 11.5 Å². The Morgan fingerprint density at radius 3 is 2.50 bits per heavy atom. The van der Waals surface area contributed by atoms with Crippen molar-refractivity contribution >= 4 is 34.0 Å². The number of aromatic nitrogens is 3. The summed E-state index contributed by atoms with van der Waals surface area (Å²) in [5, 5.41) is 4.90. The zero-order chi connectivity index (χ0) is 20.5. The summed E-state index contributed by atoms with van der Waals surface area (Å²) in [5.41, 5.74) is 1.34. The molecule has 0 saturated carbocycles. The molecule has 0 radical (unpaired) electrons. The summed E-state index contributed by atoms with van der Waals surface area (Å²) in [4.78, 5) is 17.8. The summed E-state index contributed by atoms with van der Waals surface area (Å²) < 4.78 is 7.74. The molecule has 0 amide bonds. The monoisotopic (exact) mass is 431 g/mol. The fourth-order valence-corrected chi connectivity index (χ4v) is 4.16. The highest BCUT2D eigenvalue weighted by atomic mass is 35.5. The van der Waals surface area contributed by atoms with E-state index in [4.69, 9.17) is 16.3 Å². The molecule has 0 unspecified atom stereocenters. The number of benzene rings is 3. The van der Waals surface area contributed by atoms with Gasteiger partial charge in [0.1, 0.15) is 11.5 Å². The Labute approximate surface area is 180 Å². The molecule has 0 saturated heterocycles. The molecule has 2 heterocycles. The lowest BCUT2D eigenvalue weighted by atomic mass is 10.2. The Morgan fingerprint density at radius 2 is 1.70 bits per heavy atom. The van der Waals surface area contributed by atoms with Crippen LogP contribution in [0.2, 0.25) is 5.02 Å². The largest absolute Gasteiger partial charge is 0.457 e. The number of thiazole rings is 1. The van der Waals surface area contributed by atoms with Crippen LogP contribution in [-0.4, -0.2) is 14.6 Å². The maximum Gasteiger partial charge on any atom is 0.291 e. The molecule has 0 N–H and O–H groups in total. The molecule has 5 nitrogen and oxygen atoms in total. The molecule has 0 aliphatic heterocycles. The van der Waals surface area contributed by atoms with Crippen molar-refractivity contribution in [2.75, 3.05) is 0 Å². The van der Waals surface area contributed by atoms with Gasteiger partial charge in [0.15, 0.2) is 5.82 Å². The van der Waals surface area contributed by atoms with E-state index in [2.05, 4.69) is 10.1 Å². The van der Waals surface area contributed by atoms with Crippen LogP contribution in [0.15, 0.2) is 83.7 Å². The van der Waals surface area contributed by atoms with Crippen LogP contribution in [0, 0.1) is 0 Å². The number of nitrogens with zero attached hydrogens (tertiary/aromatic N) is 3. The molecule has 2 aromatic heterocycles. The molecule has 30 heavy (non-hydrogen) atoms. The Balaban J connectivity index is 1.50. The van der Waals surface area contributed by atoms with Gasteiger partial charge in [-0.1, -0.05) is 65.4 Å². The second-order valence-electron chi connectivity index (χ2n) is 6.51. The second-order valence-corrected chi connectivity index (χ2v) is 7.93. The van der Waals surface area contributed by atoms with Crippen molar-refractivity contribution in [2.45, 2.75) is 0 Å². The van der Waals surface area contributed by atoms with E-state index in [1.807, 2.05) is 78.9 Å². The van der Waals surface area contributed by atoms with E-state index in [-0.39, 0.29) is 5.56 Å². The number of hydrogen-bond acceptors (Lipinski definition) is 5. The van der Waals surface area contributed by atoms with Gasteiger partial charge in [-0.2, -0.15) is 9.50 Å². The van der Waals surface area contributed by atoms with Crippen molar-refractivity contribution in [3.63, 3.8) is 0 Å². The minimum atomic E-state index is -0.213. The number of ether oxygens (including phenoxy) is 1. The summed E-state index contributed by atoms with van der Waals surface area (Å²) in [6.07, 6.45) is 1.82. The number of halogens is 1. The Kier molecular flexibility index (Phi) is 4.78. The lowest BCUT2D eigenvalue weighted by Gasteiger charge is -2.05. The summed E-state index contributed by atoms with van der Waals surface area (Å²) in [7, 11) is 0. The number of rotatable bonds is 4. The quantitative estimate of drug-likeness (QED) is 0.409. The smallest absolute Gasteiger partial charge is 0.291 e. The van der Waals surface area contributed by atoms with Gasteiger partial charge in [-0.15, -0.1) is 5.10 Å². The predicted molar refractivity (Wildman–Crippen MR) is 119 cm³/mol. The van der Waals surface area contributed by atoms with Crippen LogP contribution < -0.4 is 14.8 Å². The topological polar surface area (TPSA) is 56.5 Å². The van der Waals surface area contributed by atoms with Gasteiger partial charge < -0.3 is 4.74 Å². The summed E-state index contributed by atoms with van der Waals surface area (Å²) in [6.45, 7) is 0. The highest BCUT2D eigenvalue weighted by molar-refractivity contribution is 7.15. The van der Waals surface area contributed by atoms with E-state index in [0.717, 1.165) is 11.3 Å². The molecule has 0 atom stereocenters. The molecule has 5 rings (SSSR count). The molecule has 0 fully saturated rings. The third-order valence-corrected chi connectivity index (χ3v) is 5.72. The Morgan fingerprint density at radius 1 is 0.933 bits per heavy atom. The van der Waals surface area contributed by atoms with Crippen LogP contribution >= 0.6 is 22.9 Å². The van der Waals surface area contributed by atoms with E-state index in [1.165, 1.54) is 15.9 Å². The van der Waals surface area contributed by atoms with Crippen molar-refractivity contribution in [3.8, 4) is 22.9 Å². The first-order valence-electron chi connectivity index (χ1n) is 9.16. The highest BCUT2D eigenvalue weighted by Crippen LogP contribution is 2.25. The summed E-state index contributed by atoms with van der Waals surface area (Å²) >= 11 is 7.51. The van der Waals surface area contributed by atoms with Crippen molar-refractivity contribution in [1.29, 1.82) is 0 Å². The van der Waals surface area contributed by atoms with Gasteiger partial charge in [-0.05, 0) is 48.0 Å². The lowest BCUT2D eigenvalue weighted by molar-refractivity contribution is 0.482. The normalized spacial score (nSPS) is 11.8. The zero-order valence-electron chi connectivity index (χ0n) is 15.5. The van der Waals surface area contributed by atoms with Crippen LogP contribution in [0.4, 0.5) is 0 Å². The fraction of sp³-hybridized carbons (Fsp3) is 0. The molecule has 0 bridgehead atoms. The predicted octanol–water partition coefficient (Wildman–Crippen LogP) is 4.81. The molecule has 7 heteroatoms. The fourth-order valence-electron chi connectivity index (χ4n) is 3.03. The molecular formula is C23H14ClN3O2S. The maximum atomic E-state index is 12.8. The average molecular weight is 432 g/mol. The SMILES string of the molecule is O=c1/c(=C/c2cccc(Oc3ccccc3)c2)sc2nc(-c3ccccc3Cl)nn12. The third kappa shape index (κ3) is 3.58. The van der Waals surface area contributed by atoms with Gasteiger partial charge in [-0.25, -0.2) is 0 Å². The third-order valence-electron chi connectivity index (χ3n) is 4.43. The first-order valence-corrected chi connectivity index (χ1v) is 10.4. The van der Waals surface area contributed by atoms with Gasteiger partial charge in [0, 0.05) is 5.56 Å². The van der Waals surface area contributed by atoms with E-state index in [0.29, 0.717) is 31.7 Å². The second kappa shape index (κ2) is 7.74. The molecule has 0 aliphatic rings. The standard InChI is InChI=1S/C23H14ClN3O2S/c24-19-12-5-4-11-18(19)21-25-23-27(26-21)22(28)20(30-23)14-15-7-6-10-17(13-15)29-16-8-2-1-3-9-16/h1-14H/b20-14-. The number of hydrogen-bond donors (Lipinski definition) is 0. The van der Waals surface area contributed by atoms with E-state index < -0.39 is 0 Å². The summed E-state index contributed by atoms with van der Waals surface area (Å²) in [5.74, 6) is 1.89. The average Bonchev–Trinajstić information content (AvgIpc) is 3.29. The van der Waals surface area contributed by atoms with Crippen LogP contribution in [0.25, 0.3) is 22.4 Å². The van der Waals surface area contributed by atoms with E-state index in [1.54, 1.807) is 6.07 Å². The molecule has 3 aromatic carbocycles. The molecular weight excluding hydrogens is 418 g/mol. The maximum absolute atomic E-state index is 12.8. The Bertz CT molecular complexity index is 1460. The van der Waals surface area contributed by atoms with Crippen molar-refractivity contribution < 1.29 is 4.74 Å². The molecule has 0 aliphatic carbocycles. The molecule has 0 spiro atoms. The summed E-state index contributed by atoms with van der Waals surface area (Å²) in [6, 6.07) is 24.4. The van der Waals surface area contributed by atoms with Gasteiger partial charge in [0.2, 0.25) is 4.96 Å². The van der Waals surface area contributed by atoms with Gasteiger partial charge in [0.05, 0.1) is 9.55 Å². The number of para-hydroxylation sites is 1. The molecule has 5 aromatic rings. The minimum Gasteiger partial charge on any atom is -0.457 e. The van der Waals surface area contributed by atoms with Crippen LogP contribution in [0.1, 0.15) is 5.56 Å². The Hall–Kier alpha value is -3.48. The molecule has 146 valence electrons.